The third kappa shape index (κ3) is 2.44. The summed E-state index contributed by atoms with van der Waals surface area (Å²) in [4.78, 5) is 24.0. The molecular weight excluding hydrogens is 282 g/mol. The number of aromatic nitrogens is 1. The van der Waals surface area contributed by atoms with Gasteiger partial charge in [0.25, 0.3) is 0 Å². The predicted octanol–water partition coefficient (Wildman–Crippen LogP) is 3.48. The van der Waals surface area contributed by atoms with E-state index < -0.39 is 12.1 Å². The van der Waals surface area contributed by atoms with Gasteiger partial charge in [-0.1, -0.05) is 30.3 Å². The minimum absolute atomic E-state index is 0.307. The van der Waals surface area contributed by atoms with E-state index in [1.54, 1.807) is 48.7 Å². The second-order valence-electron chi connectivity index (χ2n) is 4.61. The SMILES string of the molecule is COC(=O)n1ccc2cccc(OC(=O)c3ccccc3)c21. The maximum absolute atomic E-state index is 12.2. The van der Waals surface area contributed by atoms with Gasteiger partial charge in [0.2, 0.25) is 0 Å². The maximum Gasteiger partial charge on any atom is 0.418 e. The standard InChI is InChI=1S/C17H13NO4/c1-21-17(20)18-11-10-12-8-5-9-14(15(12)18)22-16(19)13-6-3-2-4-7-13/h2-11H,1H3. The molecule has 0 fully saturated rings. The fourth-order valence-corrected chi connectivity index (χ4v) is 2.23. The number of rotatable bonds is 2. The summed E-state index contributed by atoms with van der Waals surface area (Å²) < 4.78 is 11.5. The summed E-state index contributed by atoms with van der Waals surface area (Å²) in [5.74, 6) is -0.174. The average Bonchev–Trinajstić information content (AvgIpc) is 3.00. The summed E-state index contributed by atoms with van der Waals surface area (Å²) in [6, 6.07) is 15.7. The second-order valence-corrected chi connectivity index (χ2v) is 4.61. The molecule has 1 heterocycles. The van der Waals surface area contributed by atoms with Crippen LogP contribution >= 0.6 is 0 Å². The Morgan fingerprint density at radius 3 is 2.45 bits per heavy atom. The lowest BCUT2D eigenvalue weighted by Crippen LogP contribution is -2.12. The van der Waals surface area contributed by atoms with Gasteiger partial charge in [0.05, 0.1) is 12.7 Å². The molecule has 5 nitrogen and oxygen atoms in total. The van der Waals surface area contributed by atoms with Crippen molar-refractivity contribution in [3.8, 4) is 5.75 Å². The molecule has 0 saturated heterocycles. The molecule has 0 unspecified atom stereocenters. The number of hydrogen-bond acceptors (Lipinski definition) is 4. The number of hydrogen-bond donors (Lipinski definition) is 0. The largest absolute Gasteiger partial charge is 0.452 e. The Morgan fingerprint density at radius 1 is 0.955 bits per heavy atom. The average molecular weight is 295 g/mol. The minimum Gasteiger partial charge on any atom is -0.452 e. The predicted molar refractivity (Wildman–Crippen MR) is 81.1 cm³/mol. The first-order chi connectivity index (χ1) is 10.7. The molecule has 2 aromatic carbocycles. The van der Waals surface area contributed by atoms with Crippen LogP contribution in [0.3, 0.4) is 0 Å². The van der Waals surface area contributed by atoms with Crippen LogP contribution < -0.4 is 4.74 Å². The highest BCUT2D eigenvalue weighted by molar-refractivity contribution is 5.97. The molecule has 0 amide bonds. The van der Waals surface area contributed by atoms with Gasteiger partial charge in [-0.25, -0.2) is 14.2 Å². The fourth-order valence-electron chi connectivity index (χ4n) is 2.23. The van der Waals surface area contributed by atoms with Crippen molar-refractivity contribution in [3.05, 3.63) is 66.4 Å². The molecule has 0 radical (unpaired) electrons. The summed E-state index contributed by atoms with van der Waals surface area (Å²) in [5, 5.41) is 0.781. The number of para-hydroxylation sites is 1. The van der Waals surface area contributed by atoms with E-state index in [0.29, 0.717) is 16.8 Å². The van der Waals surface area contributed by atoms with Crippen LogP contribution in [0.4, 0.5) is 4.79 Å². The van der Waals surface area contributed by atoms with Gasteiger partial charge in [0.1, 0.15) is 5.52 Å². The number of ether oxygens (including phenoxy) is 2. The third-order valence-corrected chi connectivity index (χ3v) is 3.26. The zero-order chi connectivity index (χ0) is 15.5. The monoisotopic (exact) mass is 295 g/mol. The van der Waals surface area contributed by atoms with E-state index in [0.717, 1.165) is 5.39 Å². The van der Waals surface area contributed by atoms with Gasteiger partial charge in [-0.2, -0.15) is 0 Å². The van der Waals surface area contributed by atoms with Crippen LogP contribution in [-0.2, 0) is 4.74 Å². The number of esters is 1. The van der Waals surface area contributed by atoms with E-state index in [9.17, 15) is 9.59 Å². The Kier molecular flexibility index (Phi) is 3.62. The van der Waals surface area contributed by atoms with Crippen LogP contribution in [0.2, 0.25) is 0 Å². The molecule has 0 aliphatic carbocycles. The van der Waals surface area contributed by atoms with Crippen molar-refractivity contribution in [2.45, 2.75) is 0 Å². The zero-order valence-electron chi connectivity index (χ0n) is 11.9. The van der Waals surface area contributed by atoms with Gasteiger partial charge in [-0.05, 0) is 24.3 Å². The normalized spacial score (nSPS) is 10.4. The Bertz CT molecular complexity index is 836. The smallest absolute Gasteiger partial charge is 0.418 e. The summed E-state index contributed by atoms with van der Waals surface area (Å²) in [5.41, 5.74) is 0.939. The molecule has 110 valence electrons. The molecule has 0 N–H and O–H groups in total. The summed E-state index contributed by atoms with van der Waals surface area (Å²) >= 11 is 0. The van der Waals surface area contributed by atoms with Crippen LogP contribution in [0.1, 0.15) is 10.4 Å². The lowest BCUT2D eigenvalue weighted by atomic mass is 10.2. The number of carbonyl (C=O) groups is 2. The van der Waals surface area contributed by atoms with Gasteiger partial charge in [0, 0.05) is 11.6 Å². The zero-order valence-corrected chi connectivity index (χ0v) is 11.9. The highest BCUT2D eigenvalue weighted by Gasteiger charge is 2.16. The van der Waals surface area contributed by atoms with E-state index in [-0.39, 0.29) is 0 Å². The lowest BCUT2D eigenvalue weighted by molar-refractivity contribution is 0.0736. The quantitative estimate of drug-likeness (QED) is 0.536. The highest BCUT2D eigenvalue weighted by Crippen LogP contribution is 2.27. The first kappa shape index (κ1) is 13.9. The molecular formula is C17H13NO4. The van der Waals surface area contributed by atoms with E-state index in [4.69, 9.17) is 9.47 Å². The highest BCUT2D eigenvalue weighted by atomic mass is 16.5. The van der Waals surface area contributed by atoms with Gasteiger partial charge >= 0.3 is 12.1 Å². The molecule has 0 atom stereocenters. The number of carbonyl (C=O) groups excluding carboxylic acids is 2. The molecule has 0 bridgehead atoms. The Labute approximate surface area is 126 Å². The first-order valence-electron chi connectivity index (χ1n) is 6.66. The fraction of sp³-hybridized carbons (Fsp3) is 0.0588. The van der Waals surface area contributed by atoms with E-state index in [1.807, 2.05) is 12.1 Å². The molecule has 0 aliphatic rings. The lowest BCUT2D eigenvalue weighted by Gasteiger charge is -2.08. The van der Waals surface area contributed by atoms with Gasteiger partial charge in [-0.15, -0.1) is 0 Å². The van der Waals surface area contributed by atoms with Crippen LogP contribution in [0.5, 0.6) is 5.75 Å². The molecule has 0 spiro atoms. The Hall–Kier alpha value is -3.08. The minimum atomic E-state index is -0.543. The topological polar surface area (TPSA) is 57.5 Å². The van der Waals surface area contributed by atoms with Crippen LogP contribution in [-0.4, -0.2) is 23.7 Å². The molecule has 0 saturated carbocycles. The van der Waals surface area contributed by atoms with Crippen molar-refractivity contribution >= 4 is 23.0 Å². The van der Waals surface area contributed by atoms with E-state index in [2.05, 4.69) is 0 Å². The summed E-state index contributed by atoms with van der Waals surface area (Å²) in [6.45, 7) is 0. The molecule has 22 heavy (non-hydrogen) atoms. The summed E-state index contributed by atoms with van der Waals surface area (Å²) in [7, 11) is 1.30. The molecule has 3 aromatic rings. The van der Waals surface area contributed by atoms with Gasteiger partial charge < -0.3 is 9.47 Å². The van der Waals surface area contributed by atoms with Crippen molar-refractivity contribution in [2.75, 3.05) is 7.11 Å². The molecule has 5 heteroatoms. The van der Waals surface area contributed by atoms with Crippen molar-refractivity contribution in [1.29, 1.82) is 0 Å². The molecule has 3 rings (SSSR count). The third-order valence-electron chi connectivity index (χ3n) is 3.26. The maximum atomic E-state index is 12.2. The first-order valence-corrected chi connectivity index (χ1v) is 6.66. The van der Waals surface area contributed by atoms with Crippen molar-refractivity contribution in [2.24, 2.45) is 0 Å². The van der Waals surface area contributed by atoms with Gasteiger partial charge in [-0.3, -0.25) is 0 Å². The Morgan fingerprint density at radius 2 is 1.73 bits per heavy atom. The van der Waals surface area contributed by atoms with E-state index >= 15 is 0 Å². The number of benzene rings is 2. The van der Waals surface area contributed by atoms with Crippen molar-refractivity contribution < 1.29 is 19.1 Å². The van der Waals surface area contributed by atoms with Crippen LogP contribution in [0.15, 0.2) is 60.8 Å². The molecule has 0 aliphatic heterocycles. The van der Waals surface area contributed by atoms with E-state index in [1.165, 1.54) is 11.7 Å². The van der Waals surface area contributed by atoms with Crippen LogP contribution in [0, 0.1) is 0 Å². The van der Waals surface area contributed by atoms with Crippen LogP contribution in [0.25, 0.3) is 10.9 Å². The van der Waals surface area contributed by atoms with Gasteiger partial charge in [0.15, 0.2) is 5.75 Å². The van der Waals surface area contributed by atoms with Crippen molar-refractivity contribution in [1.82, 2.24) is 4.57 Å². The number of fused-ring (bicyclic) bond motifs is 1. The second kappa shape index (κ2) is 5.73. The summed E-state index contributed by atoms with van der Waals surface area (Å²) in [6.07, 6.45) is 1.04. The molecule has 1 aromatic heterocycles. The Balaban J connectivity index is 2.02. The number of nitrogens with zero attached hydrogens (tertiary/aromatic N) is 1. The number of methoxy groups -OCH3 is 1. The van der Waals surface area contributed by atoms with Crippen molar-refractivity contribution in [3.63, 3.8) is 0 Å².